The number of carbonyl (C=O) groups is 4. The van der Waals surface area contributed by atoms with Crippen molar-refractivity contribution in [2.75, 3.05) is 13.2 Å². The molecule has 1 saturated heterocycles. The van der Waals surface area contributed by atoms with Crippen LogP contribution in [0.1, 0.15) is 79.6 Å². The Morgan fingerprint density at radius 1 is 1.07 bits per heavy atom. The van der Waals surface area contributed by atoms with Gasteiger partial charge in [-0.25, -0.2) is 4.79 Å². The maximum Gasteiger partial charge on any atom is 0.337 e. The summed E-state index contributed by atoms with van der Waals surface area (Å²) >= 11 is 0. The molecule has 0 aromatic heterocycles. The molecule has 6 aliphatic rings. The van der Waals surface area contributed by atoms with Crippen molar-refractivity contribution in [1.29, 1.82) is 0 Å². The summed E-state index contributed by atoms with van der Waals surface area (Å²) in [6.07, 6.45) is 9.85. The number of hydrogen-bond donors (Lipinski definition) is 0. The van der Waals surface area contributed by atoms with Crippen LogP contribution in [0.3, 0.4) is 0 Å². The van der Waals surface area contributed by atoms with Crippen LogP contribution in [-0.4, -0.2) is 54.7 Å². The van der Waals surface area contributed by atoms with E-state index in [1.807, 2.05) is 13.0 Å². The first kappa shape index (κ1) is 27.7. The number of epoxide rings is 1. The molecule has 1 spiro atoms. The van der Waals surface area contributed by atoms with E-state index in [0.29, 0.717) is 29.7 Å². The fourth-order valence-corrected chi connectivity index (χ4v) is 9.99. The van der Waals surface area contributed by atoms with Gasteiger partial charge in [0.25, 0.3) is 0 Å². The number of cyclic esters (lactones) is 1. The molecule has 4 fully saturated rings. The van der Waals surface area contributed by atoms with Gasteiger partial charge in [-0.05, 0) is 87.5 Å². The van der Waals surface area contributed by atoms with Crippen LogP contribution in [0.25, 0.3) is 0 Å². The van der Waals surface area contributed by atoms with Gasteiger partial charge in [0.05, 0.1) is 23.7 Å². The Morgan fingerprint density at radius 3 is 2.52 bits per heavy atom. The van der Waals surface area contributed by atoms with E-state index in [9.17, 15) is 19.2 Å². The standard InChI is InChI=1S/C32H42O8/c1-17-13-26(39-29(36)21(17)15-37-18(2)33)22(16-38-19(3)34)24-9-8-23-20-14-28-32(40-28)11-6-7-27(35)31(32,5)25(20)10-12-30(23,24)4/h6-7,20,22-26,28H,8-16H2,1-5H3/t20?,22?,23?,24?,25?,26?,28?,30-,31-,32+/m0/s1. The zero-order chi connectivity index (χ0) is 28.6. The topological polar surface area (TPSA) is 108 Å². The third-order valence-electron chi connectivity index (χ3n) is 12.1. The Labute approximate surface area is 236 Å². The first-order valence-corrected chi connectivity index (χ1v) is 15.0. The lowest BCUT2D eigenvalue weighted by Crippen LogP contribution is -2.60. The number of hydrogen-bond acceptors (Lipinski definition) is 8. The van der Waals surface area contributed by atoms with Gasteiger partial charge in [0.15, 0.2) is 5.78 Å². The smallest absolute Gasteiger partial charge is 0.337 e. The average Bonchev–Trinajstić information content (AvgIpc) is 3.48. The van der Waals surface area contributed by atoms with Crippen molar-refractivity contribution in [3.05, 3.63) is 23.3 Å². The summed E-state index contributed by atoms with van der Waals surface area (Å²) in [4.78, 5) is 49.7. The summed E-state index contributed by atoms with van der Waals surface area (Å²) in [7, 11) is 0. The van der Waals surface area contributed by atoms with Crippen LogP contribution in [0.15, 0.2) is 23.3 Å². The number of fused-ring (bicyclic) bond motifs is 4. The van der Waals surface area contributed by atoms with Crippen molar-refractivity contribution < 1.29 is 38.1 Å². The minimum Gasteiger partial charge on any atom is -0.465 e. The van der Waals surface area contributed by atoms with Crippen LogP contribution in [0.4, 0.5) is 0 Å². The Kier molecular flexibility index (Phi) is 6.60. The number of ether oxygens (including phenoxy) is 4. The van der Waals surface area contributed by atoms with E-state index in [1.54, 1.807) is 6.08 Å². The molecule has 40 heavy (non-hydrogen) atoms. The molecular formula is C32H42O8. The third kappa shape index (κ3) is 3.95. The number of rotatable bonds is 6. The predicted molar refractivity (Wildman–Crippen MR) is 144 cm³/mol. The molecule has 3 saturated carbocycles. The predicted octanol–water partition coefficient (Wildman–Crippen LogP) is 4.50. The highest BCUT2D eigenvalue weighted by Gasteiger charge is 2.77. The highest BCUT2D eigenvalue weighted by Crippen LogP contribution is 2.73. The van der Waals surface area contributed by atoms with Crippen molar-refractivity contribution in [2.24, 2.45) is 40.4 Å². The van der Waals surface area contributed by atoms with Crippen LogP contribution >= 0.6 is 0 Å². The Bertz CT molecular complexity index is 1200. The second-order valence-corrected chi connectivity index (χ2v) is 13.7. The summed E-state index contributed by atoms with van der Waals surface area (Å²) in [5, 5.41) is 0. The van der Waals surface area contributed by atoms with Gasteiger partial charge in [-0.15, -0.1) is 0 Å². The highest BCUT2D eigenvalue weighted by molar-refractivity contribution is 5.97. The van der Waals surface area contributed by atoms with Gasteiger partial charge in [-0.2, -0.15) is 0 Å². The highest BCUT2D eigenvalue weighted by atomic mass is 16.6. The maximum atomic E-state index is 13.4. The maximum absolute atomic E-state index is 13.4. The van der Waals surface area contributed by atoms with Gasteiger partial charge >= 0.3 is 17.9 Å². The SMILES string of the molecule is CC(=O)OCC1=C(C)CC(C(COC(C)=O)C2CCC3C4CC5O[C@]56CC=CC(=O)[C@]6(C)C4CC[C@]23C)OC1=O. The van der Waals surface area contributed by atoms with Crippen LogP contribution < -0.4 is 0 Å². The minimum absolute atomic E-state index is 0.0210. The molecule has 2 aliphatic heterocycles. The second-order valence-electron chi connectivity index (χ2n) is 13.7. The number of ketones is 1. The molecule has 0 N–H and O–H groups in total. The lowest BCUT2D eigenvalue weighted by Gasteiger charge is -2.57. The summed E-state index contributed by atoms with van der Waals surface area (Å²) in [5.74, 6) is 0.187. The lowest BCUT2D eigenvalue weighted by atomic mass is 9.44. The molecule has 2 heterocycles. The zero-order valence-electron chi connectivity index (χ0n) is 24.3. The van der Waals surface area contributed by atoms with Gasteiger partial charge < -0.3 is 18.9 Å². The normalized spacial score (nSPS) is 44.0. The number of esters is 3. The van der Waals surface area contributed by atoms with Crippen molar-refractivity contribution in [1.82, 2.24) is 0 Å². The first-order valence-electron chi connectivity index (χ1n) is 15.0. The van der Waals surface area contributed by atoms with Crippen LogP contribution in [0.5, 0.6) is 0 Å². The van der Waals surface area contributed by atoms with E-state index in [2.05, 4.69) is 13.8 Å². The molecule has 10 atom stereocenters. The van der Waals surface area contributed by atoms with E-state index < -0.39 is 23.5 Å². The molecular weight excluding hydrogens is 512 g/mol. The molecule has 0 aromatic rings. The van der Waals surface area contributed by atoms with E-state index in [4.69, 9.17) is 18.9 Å². The van der Waals surface area contributed by atoms with Gasteiger partial charge in [0.1, 0.15) is 18.3 Å². The van der Waals surface area contributed by atoms with Crippen molar-refractivity contribution in [3.8, 4) is 0 Å². The van der Waals surface area contributed by atoms with E-state index in [1.165, 1.54) is 13.8 Å². The van der Waals surface area contributed by atoms with Crippen LogP contribution in [0.2, 0.25) is 0 Å². The molecule has 218 valence electrons. The van der Waals surface area contributed by atoms with E-state index in [-0.39, 0.29) is 53.9 Å². The average molecular weight is 555 g/mol. The molecule has 8 heteroatoms. The molecule has 7 unspecified atom stereocenters. The Morgan fingerprint density at radius 2 is 1.82 bits per heavy atom. The summed E-state index contributed by atoms with van der Waals surface area (Å²) < 4.78 is 23.1. The fourth-order valence-electron chi connectivity index (χ4n) is 9.99. The lowest BCUT2D eigenvalue weighted by molar-refractivity contribution is -0.160. The summed E-state index contributed by atoms with van der Waals surface area (Å²) in [6, 6.07) is 0. The third-order valence-corrected chi connectivity index (χ3v) is 12.1. The minimum atomic E-state index is -0.467. The van der Waals surface area contributed by atoms with Gasteiger partial charge in [-0.3, -0.25) is 14.4 Å². The van der Waals surface area contributed by atoms with Crippen molar-refractivity contribution >= 4 is 23.7 Å². The van der Waals surface area contributed by atoms with Crippen molar-refractivity contribution in [3.63, 3.8) is 0 Å². The second kappa shape index (κ2) is 9.53. The molecule has 4 aliphatic carbocycles. The fraction of sp³-hybridized carbons (Fsp3) is 0.750. The Hall–Kier alpha value is -2.48. The van der Waals surface area contributed by atoms with E-state index in [0.717, 1.165) is 44.1 Å². The number of allylic oxidation sites excluding steroid dienone is 1. The van der Waals surface area contributed by atoms with Crippen LogP contribution in [-0.2, 0) is 38.1 Å². The number of carbonyl (C=O) groups excluding carboxylic acids is 4. The quantitative estimate of drug-likeness (QED) is 0.268. The molecule has 0 radical (unpaired) electrons. The van der Waals surface area contributed by atoms with Gasteiger partial charge in [-0.1, -0.05) is 18.6 Å². The largest absolute Gasteiger partial charge is 0.465 e. The van der Waals surface area contributed by atoms with Gasteiger partial charge in [0, 0.05) is 26.2 Å². The van der Waals surface area contributed by atoms with Gasteiger partial charge in [0.2, 0.25) is 0 Å². The first-order chi connectivity index (χ1) is 18.9. The monoisotopic (exact) mass is 554 g/mol. The molecule has 8 nitrogen and oxygen atoms in total. The summed E-state index contributed by atoms with van der Waals surface area (Å²) in [6.45, 7) is 9.28. The van der Waals surface area contributed by atoms with E-state index >= 15 is 0 Å². The zero-order valence-corrected chi connectivity index (χ0v) is 24.3. The Balaban J connectivity index is 1.27. The van der Waals surface area contributed by atoms with Crippen molar-refractivity contribution in [2.45, 2.75) is 97.4 Å². The van der Waals surface area contributed by atoms with Crippen LogP contribution in [0, 0.1) is 40.4 Å². The summed E-state index contributed by atoms with van der Waals surface area (Å²) in [5.41, 5.74) is 0.444. The molecule has 0 amide bonds. The molecule has 0 aromatic carbocycles. The molecule has 0 bridgehead atoms. The molecule has 6 rings (SSSR count).